The van der Waals surface area contributed by atoms with Crippen molar-refractivity contribution in [3.8, 4) is 0 Å². The van der Waals surface area contributed by atoms with E-state index in [1.807, 2.05) is 0 Å². The molecule has 6 nitrogen and oxygen atoms in total. The van der Waals surface area contributed by atoms with Gasteiger partial charge >= 0.3 is 6.18 Å². The van der Waals surface area contributed by atoms with Crippen molar-refractivity contribution < 1.29 is 22.8 Å². The highest BCUT2D eigenvalue weighted by atomic mass is 19.4. The number of nitrogens with one attached hydrogen (secondary N) is 1. The molecule has 26 heavy (non-hydrogen) atoms. The van der Waals surface area contributed by atoms with Gasteiger partial charge < -0.3 is 10.2 Å². The lowest BCUT2D eigenvalue weighted by Crippen LogP contribution is -2.28. The van der Waals surface area contributed by atoms with Gasteiger partial charge in [0.05, 0.1) is 23.4 Å². The first-order valence-corrected chi connectivity index (χ1v) is 7.96. The van der Waals surface area contributed by atoms with E-state index >= 15 is 0 Å². The Labute approximate surface area is 147 Å². The van der Waals surface area contributed by atoms with Crippen LogP contribution in [0.4, 0.5) is 18.9 Å². The second-order valence-corrected chi connectivity index (χ2v) is 6.27. The van der Waals surface area contributed by atoms with Crippen LogP contribution in [0.3, 0.4) is 0 Å². The average Bonchev–Trinajstić information content (AvgIpc) is 3.13. The number of amides is 2. The fourth-order valence-corrected chi connectivity index (χ4v) is 2.90. The Balaban J connectivity index is 1.64. The second kappa shape index (κ2) is 6.81. The molecule has 138 valence electrons. The highest BCUT2D eigenvalue weighted by molar-refractivity contribution is 5.97. The summed E-state index contributed by atoms with van der Waals surface area (Å²) < 4.78 is 39.9. The molecule has 3 rings (SSSR count). The quantitative estimate of drug-likeness (QED) is 0.904. The van der Waals surface area contributed by atoms with Crippen LogP contribution in [-0.2, 0) is 29.4 Å². The molecule has 0 bridgehead atoms. The first-order valence-electron chi connectivity index (χ1n) is 7.96. The van der Waals surface area contributed by atoms with Crippen LogP contribution in [0, 0.1) is 5.92 Å². The summed E-state index contributed by atoms with van der Waals surface area (Å²) in [6.45, 7) is 0.209. The summed E-state index contributed by atoms with van der Waals surface area (Å²) in [5, 5.41) is 6.63. The van der Waals surface area contributed by atoms with Crippen molar-refractivity contribution in [1.82, 2.24) is 14.7 Å². The number of aromatic nitrogens is 2. The highest BCUT2D eigenvalue weighted by Crippen LogP contribution is 2.30. The van der Waals surface area contributed by atoms with E-state index in [0.717, 1.165) is 12.1 Å². The van der Waals surface area contributed by atoms with Crippen LogP contribution in [0.15, 0.2) is 36.7 Å². The number of benzene rings is 1. The molecule has 1 aliphatic rings. The third-order valence-electron chi connectivity index (χ3n) is 4.19. The lowest BCUT2D eigenvalue weighted by molar-refractivity contribution is -0.137. The lowest BCUT2D eigenvalue weighted by atomic mass is 10.1. The fraction of sp³-hybridized carbons (Fsp3) is 0.353. The molecule has 1 saturated heterocycles. The smallest absolute Gasteiger partial charge is 0.338 e. The van der Waals surface area contributed by atoms with Gasteiger partial charge in [-0.2, -0.15) is 18.3 Å². The van der Waals surface area contributed by atoms with Crippen LogP contribution in [0.5, 0.6) is 0 Å². The van der Waals surface area contributed by atoms with Gasteiger partial charge in [0.2, 0.25) is 11.8 Å². The van der Waals surface area contributed by atoms with Crippen molar-refractivity contribution in [2.45, 2.75) is 19.1 Å². The SMILES string of the molecule is Cn1cc(NC(=O)[C@H]2CC(=O)N(Cc3cccc(C(F)(F)F)c3)C2)cn1. The molecular formula is C17H17F3N4O2. The van der Waals surface area contributed by atoms with E-state index in [0.29, 0.717) is 11.3 Å². The van der Waals surface area contributed by atoms with Gasteiger partial charge in [-0.05, 0) is 17.7 Å². The Bertz CT molecular complexity index is 831. The summed E-state index contributed by atoms with van der Waals surface area (Å²) >= 11 is 0. The number of rotatable bonds is 4. The van der Waals surface area contributed by atoms with Crippen LogP contribution >= 0.6 is 0 Å². The van der Waals surface area contributed by atoms with E-state index in [4.69, 9.17) is 0 Å². The Morgan fingerprint density at radius 1 is 1.38 bits per heavy atom. The van der Waals surface area contributed by atoms with E-state index < -0.39 is 17.7 Å². The minimum absolute atomic E-state index is 0.0328. The number of aryl methyl sites for hydroxylation is 1. The number of hydrogen-bond acceptors (Lipinski definition) is 3. The molecule has 0 aliphatic carbocycles. The van der Waals surface area contributed by atoms with Gasteiger partial charge in [-0.3, -0.25) is 14.3 Å². The lowest BCUT2D eigenvalue weighted by Gasteiger charge is -2.17. The maximum absolute atomic E-state index is 12.8. The van der Waals surface area contributed by atoms with Gasteiger partial charge in [-0.15, -0.1) is 0 Å². The highest BCUT2D eigenvalue weighted by Gasteiger charge is 2.35. The van der Waals surface area contributed by atoms with Crippen LogP contribution < -0.4 is 5.32 Å². The fourth-order valence-electron chi connectivity index (χ4n) is 2.90. The Hall–Kier alpha value is -2.84. The van der Waals surface area contributed by atoms with Crippen LogP contribution in [0.2, 0.25) is 0 Å². The summed E-state index contributed by atoms with van der Waals surface area (Å²) in [7, 11) is 1.71. The summed E-state index contributed by atoms with van der Waals surface area (Å²) in [6, 6.07) is 4.85. The number of alkyl halides is 3. The summed E-state index contributed by atoms with van der Waals surface area (Å²) in [4.78, 5) is 25.8. The molecule has 0 saturated carbocycles. The summed E-state index contributed by atoms with van der Waals surface area (Å²) in [6.07, 6.45) is -1.27. The number of carbonyl (C=O) groups is 2. The van der Waals surface area contributed by atoms with E-state index in [1.165, 1.54) is 27.9 Å². The minimum Gasteiger partial charge on any atom is -0.338 e. The van der Waals surface area contributed by atoms with Crippen LogP contribution in [-0.4, -0.2) is 33.0 Å². The molecule has 2 aromatic rings. The number of carbonyl (C=O) groups excluding carboxylic acids is 2. The first kappa shape index (κ1) is 18.0. The Morgan fingerprint density at radius 2 is 2.15 bits per heavy atom. The minimum atomic E-state index is -4.43. The number of halogens is 3. The van der Waals surface area contributed by atoms with E-state index in [-0.39, 0.29) is 31.3 Å². The van der Waals surface area contributed by atoms with E-state index in [2.05, 4.69) is 10.4 Å². The monoisotopic (exact) mass is 366 g/mol. The van der Waals surface area contributed by atoms with E-state index in [9.17, 15) is 22.8 Å². The van der Waals surface area contributed by atoms with Gasteiger partial charge in [0, 0.05) is 32.8 Å². The molecule has 1 aromatic heterocycles. The molecule has 1 N–H and O–H groups in total. The average molecular weight is 366 g/mol. The van der Waals surface area contributed by atoms with Gasteiger partial charge in [-0.25, -0.2) is 0 Å². The van der Waals surface area contributed by atoms with Crippen LogP contribution in [0.1, 0.15) is 17.5 Å². The van der Waals surface area contributed by atoms with Gasteiger partial charge in [0.25, 0.3) is 0 Å². The van der Waals surface area contributed by atoms with Crippen molar-refractivity contribution in [1.29, 1.82) is 0 Å². The molecule has 0 unspecified atom stereocenters. The molecule has 1 aromatic carbocycles. The normalized spacial score (nSPS) is 17.6. The molecule has 1 atom stereocenters. The zero-order valence-electron chi connectivity index (χ0n) is 14.0. The topological polar surface area (TPSA) is 67.2 Å². The maximum atomic E-state index is 12.8. The maximum Gasteiger partial charge on any atom is 0.416 e. The number of hydrogen-bond donors (Lipinski definition) is 1. The molecule has 0 spiro atoms. The largest absolute Gasteiger partial charge is 0.416 e. The number of nitrogens with zero attached hydrogens (tertiary/aromatic N) is 3. The van der Waals surface area contributed by atoms with Crippen molar-refractivity contribution in [3.63, 3.8) is 0 Å². The number of anilines is 1. The van der Waals surface area contributed by atoms with Gasteiger partial charge in [0.15, 0.2) is 0 Å². The summed E-state index contributed by atoms with van der Waals surface area (Å²) in [5.41, 5.74) is 0.148. The third kappa shape index (κ3) is 4.04. The Kier molecular flexibility index (Phi) is 4.71. The van der Waals surface area contributed by atoms with Crippen LogP contribution in [0.25, 0.3) is 0 Å². The van der Waals surface area contributed by atoms with Crippen molar-refractivity contribution in [2.24, 2.45) is 13.0 Å². The predicted octanol–water partition coefficient (Wildman–Crippen LogP) is 2.43. The predicted molar refractivity (Wildman–Crippen MR) is 86.8 cm³/mol. The molecule has 1 aliphatic heterocycles. The molecule has 1 fully saturated rings. The second-order valence-electron chi connectivity index (χ2n) is 6.27. The number of likely N-dealkylation sites (tertiary alicyclic amines) is 1. The first-order chi connectivity index (χ1) is 12.2. The summed E-state index contributed by atoms with van der Waals surface area (Å²) in [5.74, 6) is -1.11. The Morgan fingerprint density at radius 3 is 2.81 bits per heavy atom. The van der Waals surface area contributed by atoms with Gasteiger partial charge in [-0.1, -0.05) is 12.1 Å². The third-order valence-corrected chi connectivity index (χ3v) is 4.19. The van der Waals surface area contributed by atoms with Crippen molar-refractivity contribution in [3.05, 3.63) is 47.8 Å². The molecular weight excluding hydrogens is 349 g/mol. The zero-order valence-corrected chi connectivity index (χ0v) is 14.0. The van der Waals surface area contributed by atoms with Crippen molar-refractivity contribution in [2.75, 3.05) is 11.9 Å². The standard InChI is InChI=1S/C17H17F3N4O2/c1-23-10-14(7-21-23)22-16(26)12-6-15(25)24(9-12)8-11-3-2-4-13(5-11)17(18,19)20/h2-5,7,10,12H,6,8-9H2,1H3,(H,22,26)/t12-/m0/s1. The molecule has 2 amide bonds. The molecule has 9 heteroatoms. The zero-order chi connectivity index (χ0) is 18.9. The molecule has 0 radical (unpaired) electrons. The molecule has 2 heterocycles. The van der Waals surface area contributed by atoms with Gasteiger partial charge in [0.1, 0.15) is 0 Å². The van der Waals surface area contributed by atoms with Crippen molar-refractivity contribution >= 4 is 17.5 Å². The van der Waals surface area contributed by atoms with E-state index in [1.54, 1.807) is 13.2 Å².